The summed E-state index contributed by atoms with van der Waals surface area (Å²) in [5.74, 6) is -0.197. The third-order valence-electron chi connectivity index (χ3n) is 4.39. The van der Waals surface area contributed by atoms with E-state index in [0.717, 1.165) is 12.1 Å². The van der Waals surface area contributed by atoms with Gasteiger partial charge in [0.1, 0.15) is 21.2 Å². The number of azo groups is 1. The summed E-state index contributed by atoms with van der Waals surface area (Å²) >= 11 is 0. The van der Waals surface area contributed by atoms with Gasteiger partial charge in [0.25, 0.3) is 20.2 Å². The van der Waals surface area contributed by atoms with E-state index in [0.29, 0.717) is 0 Å². The lowest BCUT2D eigenvalue weighted by atomic mass is 10.1. The van der Waals surface area contributed by atoms with Crippen molar-refractivity contribution in [3.8, 4) is 5.75 Å². The van der Waals surface area contributed by atoms with Crippen LogP contribution in [0.25, 0.3) is 10.8 Å². The number of nitrogens with one attached hydrogen (secondary N) is 1. The Morgan fingerprint density at radius 2 is 1.64 bits per heavy atom. The molecule has 0 aliphatic rings. The highest BCUT2D eigenvalue weighted by atomic mass is 32.2. The van der Waals surface area contributed by atoms with Crippen molar-refractivity contribution >= 4 is 59.7 Å². The molecule has 12 nitrogen and oxygen atoms in total. The first-order chi connectivity index (χ1) is 15.3. The first kappa shape index (κ1) is 24.1. The average Bonchev–Trinajstić information content (AvgIpc) is 2.70. The zero-order chi connectivity index (χ0) is 24.6. The standard InChI is InChI=1S/C19H18N4O8S2/c1-10(24)21-15-8-14(20)17(31-2)9-16(15)23-22-11-6-13-12(19(7-11)33(28,29)30)4-3-5-18(13)32(25,26)27/h3-9H,20H2,1-2H3,(H,21,24)(H,25,26,27)(H,28,29,30). The van der Waals surface area contributed by atoms with E-state index in [-0.39, 0.29) is 39.3 Å². The molecule has 0 spiro atoms. The van der Waals surface area contributed by atoms with Gasteiger partial charge in [-0.15, -0.1) is 5.11 Å². The van der Waals surface area contributed by atoms with Gasteiger partial charge in [0.15, 0.2) is 0 Å². The Balaban J connectivity index is 2.26. The van der Waals surface area contributed by atoms with Gasteiger partial charge in [-0.05, 0) is 24.3 Å². The highest BCUT2D eigenvalue weighted by Crippen LogP contribution is 2.37. The van der Waals surface area contributed by atoms with Crippen LogP contribution in [0.15, 0.2) is 62.5 Å². The SMILES string of the molecule is COc1cc(N=Nc2cc(S(=O)(=O)O)c3cccc(S(=O)(=O)O)c3c2)c(NC(C)=O)cc1N. The number of benzene rings is 3. The van der Waals surface area contributed by atoms with E-state index >= 15 is 0 Å². The van der Waals surface area contributed by atoms with Crippen molar-refractivity contribution in [1.82, 2.24) is 0 Å². The molecule has 33 heavy (non-hydrogen) atoms. The normalized spacial score (nSPS) is 12.2. The smallest absolute Gasteiger partial charge is 0.295 e. The van der Waals surface area contributed by atoms with Crippen molar-refractivity contribution in [3.05, 3.63) is 42.5 Å². The molecular formula is C19H18N4O8S2. The van der Waals surface area contributed by atoms with Crippen molar-refractivity contribution in [3.63, 3.8) is 0 Å². The van der Waals surface area contributed by atoms with Gasteiger partial charge in [0.2, 0.25) is 5.91 Å². The molecule has 0 fully saturated rings. The molecule has 3 aromatic carbocycles. The van der Waals surface area contributed by atoms with E-state index in [1.807, 2.05) is 0 Å². The second-order valence-corrected chi connectivity index (χ2v) is 9.52. The van der Waals surface area contributed by atoms with Crippen LogP contribution in [-0.4, -0.2) is 39.0 Å². The maximum absolute atomic E-state index is 11.9. The maximum atomic E-state index is 11.9. The number of anilines is 2. The van der Waals surface area contributed by atoms with Crippen molar-refractivity contribution in [1.29, 1.82) is 0 Å². The van der Waals surface area contributed by atoms with Gasteiger partial charge in [-0.1, -0.05) is 12.1 Å². The molecule has 14 heteroatoms. The van der Waals surface area contributed by atoms with Crippen LogP contribution in [0.2, 0.25) is 0 Å². The Labute approximate surface area is 188 Å². The Morgan fingerprint density at radius 3 is 2.21 bits per heavy atom. The molecule has 0 saturated heterocycles. The zero-order valence-electron chi connectivity index (χ0n) is 17.2. The number of rotatable bonds is 6. The summed E-state index contributed by atoms with van der Waals surface area (Å²) in [6, 6.07) is 8.43. The quantitative estimate of drug-likeness (QED) is 0.225. The van der Waals surface area contributed by atoms with Gasteiger partial charge in [-0.3, -0.25) is 13.9 Å². The molecule has 0 aliphatic carbocycles. The zero-order valence-corrected chi connectivity index (χ0v) is 18.8. The number of amides is 1. The van der Waals surface area contributed by atoms with Gasteiger partial charge in [-0.25, -0.2) is 0 Å². The molecule has 0 saturated carbocycles. The minimum atomic E-state index is -4.81. The van der Waals surface area contributed by atoms with E-state index < -0.39 is 35.9 Å². The molecule has 0 atom stereocenters. The molecule has 174 valence electrons. The van der Waals surface area contributed by atoms with Crippen LogP contribution in [0.1, 0.15) is 6.92 Å². The molecule has 0 bridgehead atoms. The minimum Gasteiger partial charge on any atom is -0.495 e. The summed E-state index contributed by atoms with van der Waals surface area (Å²) in [6.07, 6.45) is 0. The fourth-order valence-corrected chi connectivity index (χ4v) is 4.48. The summed E-state index contributed by atoms with van der Waals surface area (Å²) in [5.41, 5.74) is 6.15. The number of hydrogen-bond acceptors (Lipinski definition) is 9. The number of methoxy groups -OCH3 is 1. The Morgan fingerprint density at radius 1 is 0.970 bits per heavy atom. The van der Waals surface area contributed by atoms with Gasteiger partial charge >= 0.3 is 0 Å². The van der Waals surface area contributed by atoms with E-state index in [4.69, 9.17) is 10.5 Å². The third-order valence-corrected chi connectivity index (χ3v) is 6.20. The van der Waals surface area contributed by atoms with E-state index in [1.54, 1.807) is 0 Å². The molecule has 3 rings (SSSR count). The monoisotopic (exact) mass is 494 g/mol. The second kappa shape index (κ2) is 8.74. The molecule has 0 aromatic heterocycles. The number of nitrogens with two attached hydrogens (primary N) is 1. The number of fused-ring (bicyclic) bond motifs is 1. The maximum Gasteiger partial charge on any atom is 0.295 e. The minimum absolute atomic E-state index is 0.0906. The number of carbonyl (C=O) groups is 1. The molecular weight excluding hydrogens is 476 g/mol. The van der Waals surface area contributed by atoms with Crippen LogP contribution in [0.5, 0.6) is 5.75 Å². The third kappa shape index (κ3) is 5.25. The Hall–Kier alpha value is -3.59. The second-order valence-electron chi connectivity index (χ2n) is 6.74. The summed E-state index contributed by atoms with van der Waals surface area (Å²) < 4.78 is 71.7. The summed E-state index contributed by atoms with van der Waals surface area (Å²) in [5, 5.41) is 10.1. The lowest BCUT2D eigenvalue weighted by Gasteiger charge is -2.11. The van der Waals surface area contributed by atoms with Crippen molar-refractivity contribution in [2.75, 3.05) is 18.2 Å². The van der Waals surface area contributed by atoms with E-state index in [9.17, 15) is 30.7 Å². The highest BCUT2D eigenvalue weighted by molar-refractivity contribution is 7.86. The lowest BCUT2D eigenvalue weighted by molar-refractivity contribution is -0.114. The van der Waals surface area contributed by atoms with Crippen molar-refractivity contribution in [2.45, 2.75) is 16.7 Å². The van der Waals surface area contributed by atoms with Crippen LogP contribution in [-0.2, 0) is 25.0 Å². The molecule has 3 aromatic rings. The summed E-state index contributed by atoms with van der Waals surface area (Å²) in [6.45, 7) is 1.26. The molecule has 1 amide bonds. The highest BCUT2D eigenvalue weighted by Gasteiger charge is 2.21. The topological polar surface area (TPSA) is 198 Å². The van der Waals surface area contributed by atoms with Crippen LogP contribution in [0.3, 0.4) is 0 Å². The molecule has 0 unspecified atom stereocenters. The largest absolute Gasteiger partial charge is 0.495 e. The van der Waals surface area contributed by atoms with Crippen LogP contribution in [0.4, 0.5) is 22.7 Å². The van der Waals surface area contributed by atoms with Gasteiger partial charge in [0.05, 0.1) is 24.2 Å². The van der Waals surface area contributed by atoms with Gasteiger partial charge < -0.3 is 15.8 Å². The van der Waals surface area contributed by atoms with E-state index in [2.05, 4.69) is 15.5 Å². The molecule has 0 radical (unpaired) electrons. The predicted molar refractivity (Wildman–Crippen MR) is 119 cm³/mol. The Bertz CT molecular complexity index is 1520. The average molecular weight is 495 g/mol. The fraction of sp³-hybridized carbons (Fsp3) is 0.105. The molecule has 5 N–H and O–H groups in total. The predicted octanol–water partition coefficient (Wildman–Crippen LogP) is 3.30. The summed E-state index contributed by atoms with van der Waals surface area (Å²) in [7, 11) is -8.18. The molecule has 0 heterocycles. The van der Waals surface area contributed by atoms with Gasteiger partial charge in [0, 0.05) is 23.8 Å². The van der Waals surface area contributed by atoms with E-state index in [1.165, 1.54) is 44.4 Å². The van der Waals surface area contributed by atoms with Crippen molar-refractivity contribution in [2.24, 2.45) is 10.2 Å². The Kier molecular flexibility index (Phi) is 6.37. The van der Waals surface area contributed by atoms with Crippen molar-refractivity contribution < 1.29 is 35.5 Å². The number of nitrogen functional groups attached to an aromatic ring is 1. The van der Waals surface area contributed by atoms with Crippen LogP contribution in [0, 0.1) is 0 Å². The van der Waals surface area contributed by atoms with Gasteiger partial charge in [-0.2, -0.15) is 21.9 Å². The molecule has 0 aliphatic heterocycles. The first-order valence-electron chi connectivity index (χ1n) is 9.00. The fourth-order valence-electron chi connectivity index (χ4n) is 3.05. The number of nitrogens with zero attached hydrogens (tertiary/aromatic N) is 2. The number of ether oxygens (including phenoxy) is 1. The first-order valence-corrected chi connectivity index (χ1v) is 11.9. The summed E-state index contributed by atoms with van der Waals surface area (Å²) in [4.78, 5) is 10.3. The van der Waals surface area contributed by atoms with Crippen LogP contribution < -0.4 is 15.8 Å². The number of hydrogen-bond donors (Lipinski definition) is 4. The van der Waals surface area contributed by atoms with Crippen LogP contribution >= 0.6 is 0 Å². The lowest BCUT2D eigenvalue weighted by Crippen LogP contribution is -2.06. The number of carbonyl (C=O) groups excluding carboxylic acids is 1.